The molecule has 1 saturated heterocycles. The minimum Gasteiger partial charge on any atom is -0.481 e. The first-order valence-corrected chi connectivity index (χ1v) is 8.50. The van der Waals surface area contributed by atoms with Crippen molar-refractivity contribution in [3.8, 4) is 5.75 Å². The van der Waals surface area contributed by atoms with Crippen LogP contribution in [-0.4, -0.2) is 53.9 Å². The van der Waals surface area contributed by atoms with Crippen molar-refractivity contribution < 1.29 is 14.3 Å². The lowest BCUT2D eigenvalue weighted by Gasteiger charge is -2.35. The van der Waals surface area contributed by atoms with Gasteiger partial charge in [0.15, 0.2) is 6.10 Å². The molecule has 0 N–H and O–H groups in total. The molecule has 1 unspecified atom stereocenters. The van der Waals surface area contributed by atoms with E-state index in [1.165, 1.54) is 5.56 Å². The number of carbonyl (C=O) groups excluding carboxylic acids is 2. The average molecular weight is 332 g/mol. The molecule has 0 aliphatic carbocycles. The van der Waals surface area contributed by atoms with Crippen molar-refractivity contribution in [3.05, 3.63) is 29.8 Å². The van der Waals surface area contributed by atoms with Gasteiger partial charge < -0.3 is 14.5 Å². The number of nitrogens with zero attached hydrogens (tertiary/aromatic N) is 2. The van der Waals surface area contributed by atoms with Gasteiger partial charge in [-0.15, -0.1) is 0 Å². The van der Waals surface area contributed by atoms with Crippen molar-refractivity contribution in [2.24, 2.45) is 0 Å². The van der Waals surface area contributed by atoms with E-state index >= 15 is 0 Å². The molecule has 1 fully saturated rings. The number of ether oxygens (including phenoxy) is 1. The minimum atomic E-state index is -0.533. The van der Waals surface area contributed by atoms with Crippen molar-refractivity contribution in [1.29, 1.82) is 0 Å². The summed E-state index contributed by atoms with van der Waals surface area (Å²) in [4.78, 5) is 27.4. The second-order valence-corrected chi connectivity index (χ2v) is 7.37. The molecule has 2 rings (SSSR count). The summed E-state index contributed by atoms with van der Waals surface area (Å²) in [6, 6.07) is 7.91. The maximum atomic E-state index is 12.5. The summed E-state index contributed by atoms with van der Waals surface area (Å²) in [6.07, 6.45) is -0.533. The molecule has 0 saturated carbocycles. The minimum absolute atomic E-state index is 0.0295. The second-order valence-electron chi connectivity index (χ2n) is 7.37. The zero-order chi connectivity index (χ0) is 17.9. The fourth-order valence-electron chi connectivity index (χ4n) is 2.79. The molecule has 24 heavy (non-hydrogen) atoms. The Kier molecular flexibility index (Phi) is 5.52. The van der Waals surface area contributed by atoms with Gasteiger partial charge in [-0.1, -0.05) is 32.9 Å². The fourth-order valence-corrected chi connectivity index (χ4v) is 2.79. The highest BCUT2D eigenvalue weighted by Crippen LogP contribution is 2.24. The Morgan fingerprint density at radius 2 is 1.50 bits per heavy atom. The van der Waals surface area contributed by atoms with Gasteiger partial charge >= 0.3 is 0 Å². The third-order valence-electron chi connectivity index (χ3n) is 4.42. The first-order chi connectivity index (χ1) is 11.2. The van der Waals surface area contributed by atoms with Crippen molar-refractivity contribution in [2.45, 2.75) is 46.1 Å². The zero-order valence-electron chi connectivity index (χ0n) is 15.3. The summed E-state index contributed by atoms with van der Waals surface area (Å²) in [5.41, 5.74) is 1.32. The molecule has 0 radical (unpaired) electrons. The molecular formula is C19H28N2O3. The lowest BCUT2D eigenvalue weighted by Crippen LogP contribution is -2.52. The topological polar surface area (TPSA) is 49.9 Å². The largest absolute Gasteiger partial charge is 0.481 e. The SMILES string of the molecule is CC(=O)N1CCN(C(=O)C(C)Oc2ccc(C(C)(C)C)cc2)CC1. The van der Waals surface area contributed by atoms with E-state index in [2.05, 4.69) is 20.8 Å². The van der Waals surface area contributed by atoms with Gasteiger partial charge in [-0.2, -0.15) is 0 Å². The van der Waals surface area contributed by atoms with Crippen LogP contribution >= 0.6 is 0 Å². The third kappa shape index (κ3) is 4.49. The quantitative estimate of drug-likeness (QED) is 0.854. The van der Waals surface area contributed by atoms with Crippen molar-refractivity contribution in [1.82, 2.24) is 9.80 Å². The van der Waals surface area contributed by atoms with Crippen LogP contribution in [0, 0.1) is 0 Å². The van der Waals surface area contributed by atoms with Crippen LogP contribution < -0.4 is 4.74 Å². The number of carbonyl (C=O) groups is 2. The molecule has 1 heterocycles. The Bertz CT molecular complexity index is 582. The van der Waals surface area contributed by atoms with Crippen LogP contribution in [0.15, 0.2) is 24.3 Å². The Morgan fingerprint density at radius 1 is 1.00 bits per heavy atom. The standard InChI is InChI=1S/C19H28N2O3/c1-14(18(23)21-12-10-20(11-13-21)15(2)22)24-17-8-6-16(7-9-17)19(3,4)5/h6-9,14H,10-13H2,1-5H3. The molecule has 1 aromatic carbocycles. The van der Waals surface area contributed by atoms with Crippen molar-refractivity contribution in [2.75, 3.05) is 26.2 Å². The van der Waals surface area contributed by atoms with E-state index in [0.717, 1.165) is 0 Å². The lowest BCUT2D eigenvalue weighted by molar-refractivity contribution is -0.143. The molecule has 132 valence electrons. The van der Waals surface area contributed by atoms with Gasteiger partial charge in [0.1, 0.15) is 5.75 Å². The predicted molar refractivity (Wildman–Crippen MR) is 94.1 cm³/mol. The summed E-state index contributed by atoms with van der Waals surface area (Å²) in [5, 5.41) is 0. The van der Waals surface area contributed by atoms with Crippen LogP contribution in [0.2, 0.25) is 0 Å². The average Bonchev–Trinajstić information content (AvgIpc) is 2.54. The van der Waals surface area contributed by atoms with Crippen molar-refractivity contribution >= 4 is 11.8 Å². The molecule has 1 atom stereocenters. The van der Waals surface area contributed by atoms with Crippen LogP contribution in [-0.2, 0) is 15.0 Å². The fraction of sp³-hybridized carbons (Fsp3) is 0.579. The molecule has 0 bridgehead atoms. The first-order valence-electron chi connectivity index (χ1n) is 8.50. The maximum Gasteiger partial charge on any atom is 0.263 e. The first kappa shape index (κ1) is 18.3. The Labute approximate surface area is 144 Å². The van der Waals surface area contributed by atoms with Gasteiger partial charge in [0.25, 0.3) is 5.91 Å². The molecule has 1 aromatic rings. The van der Waals surface area contributed by atoms with E-state index < -0.39 is 6.10 Å². The van der Waals surface area contributed by atoms with Gasteiger partial charge in [-0.25, -0.2) is 0 Å². The predicted octanol–water partition coefficient (Wildman–Crippen LogP) is 2.44. The Morgan fingerprint density at radius 3 is 1.96 bits per heavy atom. The summed E-state index contributed by atoms with van der Waals surface area (Å²) in [7, 11) is 0. The van der Waals surface area contributed by atoms with E-state index in [9.17, 15) is 9.59 Å². The molecular weight excluding hydrogens is 304 g/mol. The van der Waals surface area contributed by atoms with Gasteiger partial charge in [0.05, 0.1) is 0 Å². The normalized spacial score (nSPS) is 16.7. The van der Waals surface area contributed by atoms with Gasteiger partial charge in [0, 0.05) is 33.1 Å². The van der Waals surface area contributed by atoms with Crippen LogP contribution in [0.25, 0.3) is 0 Å². The van der Waals surface area contributed by atoms with E-state index in [1.807, 2.05) is 24.3 Å². The number of rotatable bonds is 3. The summed E-state index contributed by atoms with van der Waals surface area (Å²) >= 11 is 0. The van der Waals surface area contributed by atoms with E-state index in [1.54, 1.807) is 23.6 Å². The smallest absolute Gasteiger partial charge is 0.263 e. The summed E-state index contributed by atoms with van der Waals surface area (Å²) in [5.74, 6) is 0.731. The molecule has 1 aliphatic rings. The van der Waals surface area contributed by atoms with Gasteiger partial charge in [0.2, 0.25) is 5.91 Å². The highest BCUT2D eigenvalue weighted by molar-refractivity contribution is 5.81. The number of hydrogen-bond acceptors (Lipinski definition) is 3. The van der Waals surface area contributed by atoms with E-state index in [0.29, 0.717) is 31.9 Å². The summed E-state index contributed by atoms with van der Waals surface area (Å²) < 4.78 is 5.80. The Hall–Kier alpha value is -2.04. The highest BCUT2D eigenvalue weighted by atomic mass is 16.5. The van der Waals surface area contributed by atoms with Gasteiger partial charge in [-0.05, 0) is 30.0 Å². The second kappa shape index (κ2) is 7.24. The Balaban J connectivity index is 1.91. The number of hydrogen-bond donors (Lipinski definition) is 0. The van der Waals surface area contributed by atoms with Crippen LogP contribution in [0.1, 0.15) is 40.2 Å². The lowest BCUT2D eigenvalue weighted by atomic mass is 9.87. The van der Waals surface area contributed by atoms with Crippen LogP contribution in [0.5, 0.6) is 5.75 Å². The van der Waals surface area contributed by atoms with Crippen LogP contribution in [0.4, 0.5) is 0 Å². The molecule has 5 heteroatoms. The number of piperazine rings is 1. The molecule has 0 aromatic heterocycles. The molecule has 5 nitrogen and oxygen atoms in total. The van der Waals surface area contributed by atoms with Crippen LogP contribution in [0.3, 0.4) is 0 Å². The molecule has 0 spiro atoms. The van der Waals surface area contributed by atoms with Gasteiger partial charge in [-0.3, -0.25) is 9.59 Å². The molecule has 2 amide bonds. The number of benzene rings is 1. The van der Waals surface area contributed by atoms with E-state index in [4.69, 9.17) is 4.74 Å². The third-order valence-corrected chi connectivity index (χ3v) is 4.42. The molecule has 1 aliphatic heterocycles. The van der Waals surface area contributed by atoms with E-state index in [-0.39, 0.29) is 17.2 Å². The highest BCUT2D eigenvalue weighted by Gasteiger charge is 2.26. The van der Waals surface area contributed by atoms with Crippen molar-refractivity contribution in [3.63, 3.8) is 0 Å². The maximum absolute atomic E-state index is 12.5. The monoisotopic (exact) mass is 332 g/mol. The zero-order valence-corrected chi connectivity index (χ0v) is 15.3. The summed E-state index contributed by atoms with van der Waals surface area (Å²) in [6.45, 7) is 12.1. The number of amides is 2.